The molecule has 0 aromatic heterocycles. The van der Waals surface area contributed by atoms with E-state index in [-0.39, 0.29) is 11.6 Å². The first-order valence-electron chi connectivity index (χ1n) is 8.95. The van der Waals surface area contributed by atoms with Gasteiger partial charge in [-0.1, -0.05) is 25.0 Å². The number of hydrogen-bond donors (Lipinski definition) is 1. The molecule has 1 aliphatic heterocycles. The molecule has 0 spiro atoms. The Labute approximate surface area is 153 Å². The van der Waals surface area contributed by atoms with Gasteiger partial charge in [0, 0.05) is 24.4 Å². The van der Waals surface area contributed by atoms with Crippen LogP contribution in [0.2, 0.25) is 0 Å². The minimum absolute atomic E-state index is 0.0581. The van der Waals surface area contributed by atoms with Crippen LogP contribution in [-0.2, 0) is 10.5 Å². The van der Waals surface area contributed by atoms with Crippen LogP contribution in [0.4, 0.5) is 5.69 Å². The number of hydrogen-bond acceptors (Lipinski definition) is 5. The Morgan fingerprint density at radius 1 is 1.16 bits per heavy atom. The van der Waals surface area contributed by atoms with Gasteiger partial charge in [0.1, 0.15) is 0 Å². The first-order valence-corrected chi connectivity index (χ1v) is 10.1. The van der Waals surface area contributed by atoms with Gasteiger partial charge >= 0.3 is 0 Å². The maximum absolute atomic E-state index is 11.8. The lowest BCUT2D eigenvalue weighted by molar-refractivity contribution is -0.384. The van der Waals surface area contributed by atoms with Crippen LogP contribution in [-0.4, -0.2) is 47.7 Å². The van der Waals surface area contributed by atoms with E-state index < -0.39 is 4.92 Å². The summed E-state index contributed by atoms with van der Waals surface area (Å²) in [7, 11) is 0. The van der Waals surface area contributed by atoms with Gasteiger partial charge < -0.3 is 10.2 Å². The molecule has 0 radical (unpaired) electrons. The van der Waals surface area contributed by atoms with Crippen molar-refractivity contribution in [2.24, 2.45) is 0 Å². The summed E-state index contributed by atoms with van der Waals surface area (Å²) in [4.78, 5) is 24.5. The highest BCUT2D eigenvalue weighted by atomic mass is 32.2. The van der Waals surface area contributed by atoms with E-state index in [4.69, 9.17) is 0 Å². The highest BCUT2D eigenvalue weighted by Crippen LogP contribution is 2.16. The van der Waals surface area contributed by atoms with Crippen LogP contribution in [0.25, 0.3) is 0 Å². The second-order valence-corrected chi connectivity index (χ2v) is 7.36. The number of non-ortho nitro benzene ring substituents is 1. The Morgan fingerprint density at radius 2 is 1.84 bits per heavy atom. The van der Waals surface area contributed by atoms with Crippen molar-refractivity contribution in [1.82, 2.24) is 10.2 Å². The summed E-state index contributed by atoms with van der Waals surface area (Å²) in [5, 5.41) is 13.6. The van der Waals surface area contributed by atoms with Crippen LogP contribution in [0.1, 0.15) is 37.7 Å². The number of nitrogens with zero attached hydrogens (tertiary/aromatic N) is 2. The molecule has 1 aliphatic rings. The van der Waals surface area contributed by atoms with Crippen LogP contribution < -0.4 is 5.32 Å². The van der Waals surface area contributed by atoms with E-state index in [2.05, 4.69) is 10.2 Å². The third-order valence-electron chi connectivity index (χ3n) is 4.32. The molecule has 0 unspecified atom stereocenters. The maximum atomic E-state index is 11.8. The molecular weight excluding hydrogens is 338 g/mol. The van der Waals surface area contributed by atoms with Crippen molar-refractivity contribution in [3.05, 3.63) is 39.9 Å². The molecule has 1 aromatic rings. The number of thioether (sulfide) groups is 1. The SMILES string of the molecule is O=C(CSCc1ccc([N+](=O)[O-])cc1)NCCCN1CCCCCC1. The fraction of sp³-hybridized carbons (Fsp3) is 0.611. The lowest BCUT2D eigenvalue weighted by atomic mass is 10.2. The van der Waals surface area contributed by atoms with Crippen molar-refractivity contribution < 1.29 is 9.72 Å². The average Bonchev–Trinajstić information content (AvgIpc) is 2.88. The number of likely N-dealkylation sites (tertiary alicyclic amines) is 1. The van der Waals surface area contributed by atoms with Crippen molar-refractivity contribution in [2.45, 2.75) is 37.9 Å². The number of rotatable bonds is 9. The third kappa shape index (κ3) is 7.88. The van der Waals surface area contributed by atoms with E-state index in [9.17, 15) is 14.9 Å². The van der Waals surface area contributed by atoms with Gasteiger partial charge in [-0.15, -0.1) is 11.8 Å². The molecule has 1 saturated heterocycles. The number of carbonyl (C=O) groups is 1. The topological polar surface area (TPSA) is 75.5 Å². The van der Waals surface area contributed by atoms with Crippen LogP contribution in [0, 0.1) is 10.1 Å². The minimum Gasteiger partial charge on any atom is -0.355 e. The first kappa shape index (κ1) is 19.7. The van der Waals surface area contributed by atoms with E-state index >= 15 is 0 Å². The first-order chi connectivity index (χ1) is 12.1. The Morgan fingerprint density at radius 3 is 2.48 bits per heavy atom. The van der Waals surface area contributed by atoms with Crippen molar-refractivity contribution in [3.63, 3.8) is 0 Å². The smallest absolute Gasteiger partial charge is 0.269 e. The second-order valence-electron chi connectivity index (χ2n) is 6.38. The molecule has 1 N–H and O–H groups in total. The van der Waals surface area contributed by atoms with Crippen molar-refractivity contribution in [1.29, 1.82) is 0 Å². The average molecular weight is 365 g/mol. The summed E-state index contributed by atoms with van der Waals surface area (Å²) in [5.74, 6) is 1.16. The van der Waals surface area contributed by atoms with Crippen LogP contribution >= 0.6 is 11.8 Å². The summed E-state index contributed by atoms with van der Waals surface area (Å²) < 4.78 is 0. The van der Waals surface area contributed by atoms with Crippen molar-refractivity contribution in [3.8, 4) is 0 Å². The van der Waals surface area contributed by atoms with Gasteiger partial charge in [-0.3, -0.25) is 14.9 Å². The van der Waals surface area contributed by atoms with E-state index in [0.29, 0.717) is 11.5 Å². The Kier molecular flexibility index (Phi) is 8.76. The molecule has 25 heavy (non-hydrogen) atoms. The molecule has 0 saturated carbocycles. The number of nitrogens with one attached hydrogen (secondary N) is 1. The summed E-state index contributed by atoms with van der Waals surface area (Å²) in [6.45, 7) is 4.18. The van der Waals surface area contributed by atoms with Gasteiger partial charge in [-0.2, -0.15) is 0 Å². The third-order valence-corrected chi connectivity index (χ3v) is 5.32. The number of carbonyl (C=O) groups excluding carboxylic acids is 1. The Bertz CT molecular complexity index is 543. The van der Waals surface area contributed by atoms with Gasteiger partial charge in [0.05, 0.1) is 10.7 Å². The van der Waals surface area contributed by atoms with E-state index in [1.807, 2.05) is 0 Å². The molecule has 0 bridgehead atoms. The lowest BCUT2D eigenvalue weighted by Crippen LogP contribution is -2.31. The molecule has 1 fully saturated rings. The highest BCUT2D eigenvalue weighted by Gasteiger charge is 2.09. The summed E-state index contributed by atoms with van der Waals surface area (Å²) in [6.07, 6.45) is 6.29. The number of nitro groups is 1. The zero-order chi connectivity index (χ0) is 17.9. The van der Waals surface area contributed by atoms with Crippen LogP contribution in [0.3, 0.4) is 0 Å². The monoisotopic (exact) mass is 365 g/mol. The molecule has 2 rings (SSSR count). The van der Waals surface area contributed by atoms with Crippen molar-refractivity contribution in [2.75, 3.05) is 31.9 Å². The number of amides is 1. The molecule has 7 heteroatoms. The second kappa shape index (κ2) is 11.1. The quantitative estimate of drug-likeness (QED) is 0.413. The predicted molar refractivity (Wildman–Crippen MR) is 102 cm³/mol. The lowest BCUT2D eigenvalue weighted by Gasteiger charge is -2.19. The molecule has 0 aliphatic carbocycles. The summed E-state index contributed by atoms with van der Waals surface area (Å²) >= 11 is 1.53. The van der Waals surface area contributed by atoms with E-state index in [0.717, 1.165) is 25.1 Å². The van der Waals surface area contributed by atoms with Gasteiger partial charge in [-0.25, -0.2) is 0 Å². The van der Waals surface area contributed by atoms with Crippen LogP contribution in [0.5, 0.6) is 0 Å². The fourth-order valence-electron chi connectivity index (χ4n) is 2.92. The van der Waals surface area contributed by atoms with E-state index in [1.165, 1.54) is 62.7 Å². The summed E-state index contributed by atoms with van der Waals surface area (Å²) in [6, 6.07) is 6.48. The standard InChI is InChI=1S/C18H27N3O3S/c22-18(19-10-5-13-20-11-3-1-2-4-12-20)15-25-14-16-6-8-17(9-7-16)21(23)24/h6-9H,1-5,10-15H2,(H,19,22). The molecule has 138 valence electrons. The zero-order valence-corrected chi connectivity index (χ0v) is 15.4. The number of benzene rings is 1. The molecule has 1 aromatic carbocycles. The highest BCUT2D eigenvalue weighted by molar-refractivity contribution is 7.99. The predicted octanol–water partition coefficient (Wildman–Crippen LogP) is 3.21. The van der Waals surface area contributed by atoms with E-state index in [1.54, 1.807) is 12.1 Å². The molecule has 0 atom stereocenters. The van der Waals surface area contributed by atoms with Crippen molar-refractivity contribution >= 4 is 23.4 Å². The molecule has 1 amide bonds. The van der Waals surface area contributed by atoms with Gasteiger partial charge in [0.2, 0.25) is 5.91 Å². The zero-order valence-electron chi connectivity index (χ0n) is 14.6. The van der Waals surface area contributed by atoms with Gasteiger partial charge in [0.25, 0.3) is 5.69 Å². The molecule has 1 heterocycles. The van der Waals surface area contributed by atoms with Gasteiger partial charge in [0.15, 0.2) is 0 Å². The number of nitro benzene ring substituents is 1. The normalized spacial score (nSPS) is 15.5. The molecule has 6 nitrogen and oxygen atoms in total. The van der Waals surface area contributed by atoms with Crippen LogP contribution in [0.15, 0.2) is 24.3 Å². The Hall–Kier alpha value is -1.60. The largest absolute Gasteiger partial charge is 0.355 e. The molecular formula is C18H27N3O3S. The Balaban J connectivity index is 1.54. The fourth-order valence-corrected chi connectivity index (χ4v) is 3.73. The minimum atomic E-state index is -0.407. The summed E-state index contributed by atoms with van der Waals surface area (Å²) in [5.41, 5.74) is 1.08. The maximum Gasteiger partial charge on any atom is 0.269 e. The van der Waals surface area contributed by atoms with Gasteiger partial charge in [-0.05, 0) is 44.5 Å².